The highest BCUT2D eigenvalue weighted by Crippen LogP contribution is 2.19. The van der Waals surface area contributed by atoms with Crippen LogP contribution in [0.5, 0.6) is 0 Å². The smallest absolute Gasteiger partial charge is 0.237 e. The second-order valence-electron chi connectivity index (χ2n) is 4.56. The fourth-order valence-corrected chi connectivity index (χ4v) is 4.06. The molecule has 1 fully saturated rings. The first-order chi connectivity index (χ1) is 8.50. The lowest BCUT2D eigenvalue weighted by Crippen LogP contribution is -2.42. The Hall–Kier alpha value is -0.330. The Morgan fingerprint density at radius 1 is 1.33 bits per heavy atom. The van der Waals surface area contributed by atoms with Crippen molar-refractivity contribution in [3.8, 4) is 0 Å². The van der Waals surface area contributed by atoms with E-state index in [4.69, 9.17) is 16.7 Å². The predicted molar refractivity (Wildman–Crippen MR) is 70.4 cm³/mol. The van der Waals surface area contributed by atoms with Crippen LogP contribution in [0.4, 0.5) is 0 Å². The number of hydrogen-bond acceptors (Lipinski definition) is 4. The van der Waals surface area contributed by atoms with E-state index in [1.807, 2.05) is 0 Å². The van der Waals surface area contributed by atoms with Crippen LogP contribution in [0.25, 0.3) is 0 Å². The third-order valence-electron chi connectivity index (χ3n) is 3.14. The molecule has 1 aliphatic rings. The largest absolute Gasteiger partial charge is 0.396 e. The summed E-state index contributed by atoms with van der Waals surface area (Å²) < 4.78 is 22.9. The maximum atomic E-state index is 11.7. The lowest BCUT2D eigenvalue weighted by Gasteiger charge is -2.27. The fourth-order valence-electron chi connectivity index (χ4n) is 2.18. The highest BCUT2D eigenvalue weighted by molar-refractivity contribution is 7.91. The van der Waals surface area contributed by atoms with E-state index in [0.29, 0.717) is 19.4 Å². The summed E-state index contributed by atoms with van der Waals surface area (Å²) in [6.45, 7) is 0.660. The van der Waals surface area contributed by atoms with Crippen molar-refractivity contribution in [1.29, 1.82) is 0 Å². The predicted octanol–water partition coefficient (Wildman–Crippen LogP) is 0.404. The van der Waals surface area contributed by atoms with Gasteiger partial charge in [-0.2, -0.15) is 0 Å². The van der Waals surface area contributed by atoms with Crippen molar-refractivity contribution in [2.75, 3.05) is 30.5 Å². The Morgan fingerprint density at radius 2 is 2.06 bits per heavy atom. The van der Waals surface area contributed by atoms with Crippen LogP contribution in [-0.2, 0) is 14.6 Å². The molecule has 1 rings (SSSR count). The van der Waals surface area contributed by atoms with E-state index in [9.17, 15) is 13.2 Å². The molecular formula is C11H20ClNO4S. The van der Waals surface area contributed by atoms with Crippen LogP contribution in [0, 0.1) is 0 Å². The van der Waals surface area contributed by atoms with Crippen molar-refractivity contribution < 1.29 is 18.3 Å². The van der Waals surface area contributed by atoms with Crippen molar-refractivity contribution in [3.63, 3.8) is 0 Å². The summed E-state index contributed by atoms with van der Waals surface area (Å²) in [5.41, 5.74) is 0. The molecule has 1 saturated heterocycles. The molecule has 0 radical (unpaired) electrons. The van der Waals surface area contributed by atoms with E-state index in [-0.39, 0.29) is 35.9 Å². The zero-order valence-electron chi connectivity index (χ0n) is 10.3. The lowest BCUT2D eigenvalue weighted by atomic mass is 10.2. The first-order valence-corrected chi connectivity index (χ1v) is 8.52. The number of carbonyl (C=O) groups is 1. The number of halogens is 1. The Kier molecular flexibility index (Phi) is 6.38. The first kappa shape index (κ1) is 15.7. The second kappa shape index (κ2) is 7.31. The van der Waals surface area contributed by atoms with Crippen molar-refractivity contribution >= 4 is 27.3 Å². The Morgan fingerprint density at radius 3 is 2.56 bits per heavy atom. The lowest BCUT2D eigenvalue weighted by molar-refractivity contribution is -0.130. The molecule has 1 heterocycles. The molecule has 0 aromatic carbocycles. The van der Waals surface area contributed by atoms with Gasteiger partial charge in [-0.25, -0.2) is 8.42 Å². The number of alkyl halides is 1. The maximum Gasteiger partial charge on any atom is 0.237 e. The number of nitrogens with zero attached hydrogens (tertiary/aromatic N) is 1. The molecule has 0 spiro atoms. The van der Waals surface area contributed by atoms with E-state index in [1.165, 1.54) is 0 Å². The average molecular weight is 298 g/mol. The average Bonchev–Trinajstić information content (AvgIpc) is 2.68. The molecule has 0 saturated carbocycles. The summed E-state index contributed by atoms with van der Waals surface area (Å²) >= 11 is 5.56. The molecule has 1 aliphatic heterocycles. The van der Waals surface area contributed by atoms with Gasteiger partial charge in [0, 0.05) is 19.2 Å². The minimum Gasteiger partial charge on any atom is -0.396 e. The molecule has 1 N–H and O–H groups in total. The van der Waals surface area contributed by atoms with Gasteiger partial charge in [0.25, 0.3) is 0 Å². The van der Waals surface area contributed by atoms with Crippen LogP contribution >= 0.6 is 11.6 Å². The molecule has 0 aromatic rings. The van der Waals surface area contributed by atoms with Crippen LogP contribution in [0.1, 0.15) is 25.7 Å². The van der Waals surface area contributed by atoms with E-state index >= 15 is 0 Å². The summed E-state index contributed by atoms with van der Waals surface area (Å²) in [4.78, 5) is 13.3. The maximum absolute atomic E-state index is 11.7. The van der Waals surface area contributed by atoms with Gasteiger partial charge in [-0.3, -0.25) is 4.79 Å². The van der Waals surface area contributed by atoms with Crippen LogP contribution in [0.15, 0.2) is 0 Å². The van der Waals surface area contributed by atoms with E-state index in [0.717, 1.165) is 12.8 Å². The zero-order valence-corrected chi connectivity index (χ0v) is 11.9. The number of carbonyl (C=O) groups excluding carboxylic acids is 1. The summed E-state index contributed by atoms with van der Waals surface area (Å²) in [7, 11) is -2.99. The number of unbranched alkanes of at least 4 members (excludes halogenated alkanes) is 2. The molecule has 1 amide bonds. The van der Waals surface area contributed by atoms with Gasteiger partial charge in [-0.15, -0.1) is 11.6 Å². The van der Waals surface area contributed by atoms with Crippen LogP contribution in [-0.4, -0.2) is 60.9 Å². The normalized spacial score (nSPS) is 22.0. The minimum absolute atomic E-state index is 0.0512. The van der Waals surface area contributed by atoms with Gasteiger partial charge in [0.15, 0.2) is 9.84 Å². The van der Waals surface area contributed by atoms with Gasteiger partial charge in [-0.05, 0) is 25.7 Å². The van der Waals surface area contributed by atoms with Crippen molar-refractivity contribution in [2.24, 2.45) is 0 Å². The van der Waals surface area contributed by atoms with Gasteiger partial charge in [0.1, 0.15) is 5.88 Å². The monoisotopic (exact) mass is 297 g/mol. The summed E-state index contributed by atoms with van der Waals surface area (Å²) in [6, 6.07) is -0.227. The molecule has 0 aliphatic carbocycles. The number of rotatable bonds is 7. The van der Waals surface area contributed by atoms with Gasteiger partial charge in [-0.1, -0.05) is 0 Å². The molecule has 7 heteroatoms. The zero-order chi connectivity index (χ0) is 13.6. The molecule has 5 nitrogen and oxygen atoms in total. The number of hydrogen-bond donors (Lipinski definition) is 1. The van der Waals surface area contributed by atoms with E-state index < -0.39 is 9.84 Å². The topological polar surface area (TPSA) is 74.7 Å². The number of amides is 1. The molecule has 18 heavy (non-hydrogen) atoms. The molecule has 106 valence electrons. The molecule has 0 aromatic heterocycles. The molecular weight excluding hydrogens is 278 g/mol. The molecule has 1 atom stereocenters. The number of sulfone groups is 1. The summed E-state index contributed by atoms with van der Waals surface area (Å²) in [5, 5.41) is 8.69. The van der Waals surface area contributed by atoms with Crippen molar-refractivity contribution in [1.82, 2.24) is 4.90 Å². The fraction of sp³-hybridized carbons (Fsp3) is 0.909. The van der Waals surface area contributed by atoms with Gasteiger partial charge in [0.2, 0.25) is 5.91 Å². The van der Waals surface area contributed by atoms with Crippen molar-refractivity contribution in [2.45, 2.75) is 31.7 Å². The Bertz CT molecular complexity index is 371. The van der Waals surface area contributed by atoms with Gasteiger partial charge >= 0.3 is 0 Å². The third-order valence-corrected chi connectivity index (χ3v) is 5.12. The standard InChI is InChI=1S/C11H20ClNO4S/c12-8-11(15)13(5-2-1-3-6-14)10-4-7-18(16,17)9-10/h10,14H,1-9H2/t10-/m0/s1. The second-order valence-corrected chi connectivity index (χ2v) is 7.06. The highest BCUT2D eigenvalue weighted by Gasteiger charge is 2.33. The first-order valence-electron chi connectivity index (χ1n) is 6.17. The van der Waals surface area contributed by atoms with Crippen LogP contribution in [0.2, 0.25) is 0 Å². The van der Waals surface area contributed by atoms with Crippen LogP contribution in [0.3, 0.4) is 0 Å². The molecule has 0 unspecified atom stereocenters. The van der Waals surface area contributed by atoms with Crippen molar-refractivity contribution in [3.05, 3.63) is 0 Å². The Balaban J connectivity index is 2.53. The number of aliphatic hydroxyl groups is 1. The quantitative estimate of drug-likeness (QED) is 0.545. The third kappa shape index (κ3) is 4.74. The Labute approximate surface area is 113 Å². The van der Waals surface area contributed by atoms with Gasteiger partial charge < -0.3 is 10.0 Å². The van der Waals surface area contributed by atoms with Crippen LogP contribution < -0.4 is 0 Å². The number of aliphatic hydroxyl groups excluding tert-OH is 1. The summed E-state index contributed by atoms with van der Waals surface area (Å²) in [6.07, 6.45) is 2.79. The van der Waals surface area contributed by atoms with E-state index in [1.54, 1.807) is 4.90 Å². The summed E-state index contributed by atoms with van der Waals surface area (Å²) in [5.74, 6) is -0.116. The van der Waals surface area contributed by atoms with Gasteiger partial charge in [0.05, 0.1) is 11.5 Å². The minimum atomic E-state index is -2.99. The molecule has 0 bridgehead atoms. The SMILES string of the molecule is O=C(CCl)N(CCCCCO)[C@H]1CCS(=O)(=O)C1. The van der Waals surface area contributed by atoms with E-state index in [2.05, 4.69) is 0 Å². The highest BCUT2D eigenvalue weighted by atomic mass is 35.5.